The second-order valence-electron chi connectivity index (χ2n) is 6.26. The monoisotopic (exact) mass is 301 g/mol. The van der Waals surface area contributed by atoms with Gasteiger partial charge in [0.2, 0.25) is 5.91 Å². The largest absolute Gasteiger partial charge is 0.389 e. The first kappa shape index (κ1) is 15.0. The van der Waals surface area contributed by atoms with Crippen LogP contribution in [0.1, 0.15) is 44.3 Å². The van der Waals surface area contributed by atoms with E-state index in [9.17, 15) is 9.90 Å². The van der Waals surface area contributed by atoms with Gasteiger partial charge in [0.05, 0.1) is 23.1 Å². The minimum Gasteiger partial charge on any atom is -0.389 e. The van der Waals surface area contributed by atoms with Crippen molar-refractivity contribution in [2.75, 3.05) is 6.54 Å². The van der Waals surface area contributed by atoms with E-state index in [2.05, 4.69) is 15.3 Å². The highest BCUT2D eigenvalue weighted by Crippen LogP contribution is 2.30. The number of rotatable bonds is 5. The van der Waals surface area contributed by atoms with Gasteiger partial charge in [-0.25, -0.2) is 4.98 Å². The smallest absolute Gasteiger partial charge is 0.222 e. The SMILES string of the molecule is O=C(CC1(O)CCCCC1)NCCc1nc2ccccc2[nH]1. The van der Waals surface area contributed by atoms with Crippen molar-refractivity contribution < 1.29 is 9.90 Å². The zero-order valence-electron chi connectivity index (χ0n) is 12.8. The molecule has 2 aromatic rings. The minimum absolute atomic E-state index is 0.0690. The Morgan fingerprint density at radius 3 is 2.82 bits per heavy atom. The van der Waals surface area contributed by atoms with Crippen molar-refractivity contribution in [3.63, 3.8) is 0 Å². The lowest BCUT2D eigenvalue weighted by atomic mass is 9.82. The number of H-pyrrole nitrogens is 1. The van der Waals surface area contributed by atoms with Gasteiger partial charge in [0.25, 0.3) is 0 Å². The number of aromatic nitrogens is 2. The van der Waals surface area contributed by atoms with Gasteiger partial charge >= 0.3 is 0 Å². The van der Waals surface area contributed by atoms with Crippen molar-refractivity contribution in [1.82, 2.24) is 15.3 Å². The van der Waals surface area contributed by atoms with Crippen molar-refractivity contribution >= 4 is 16.9 Å². The highest BCUT2D eigenvalue weighted by atomic mass is 16.3. The Balaban J connectivity index is 1.47. The molecule has 0 radical (unpaired) electrons. The lowest BCUT2D eigenvalue weighted by Crippen LogP contribution is -2.38. The highest BCUT2D eigenvalue weighted by molar-refractivity contribution is 5.77. The average Bonchev–Trinajstić information content (AvgIpc) is 2.90. The molecule has 22 heavy (non-hydrogen) atoms. The summed E-state index contributed by atoms with van der Waals surface area (Å²) in [5.41, 5.74) is 1.17. The van der Waals surface area contributed by atoms with Crippen molar-refractivity contribution in [3.8, 4) is 0 Å². The third-order valence-corrected chi connectivity index (χ3v) is 4.40. The van der Waals surface area contributed by atoms with Crippen molar-refractivity contribution in [2.24, 2.45) is 0 Å². The third kappa shape index (κ3) is 3.65. The predicted molar refractivity (Wildman–Crippen MR) is 85.5 cm³/mol. The molecule has 0 atom stereocenters. The molecule has 1 aliphatic rings. The fourth-order valence-corrected chi connectivity index (χ4v) is 3.19. The summed E-state index contributed by atoms with van der Waals surface area (Å²) < 4.78 is 0. The van der Waals surface area contributed by atoms with E-state index < -0.39 is 5.60 Å². The van der Waals surface area contributed by atoms with Crippen LogP contribution < -0.4 is 5.32 Å². The standard InChI is InChI=1S/C17H23N3O2/c21-16(12-17(22)9-4-1-5-10-17)18-11-8-15-19-13-6-2-3-7-14(13)20-15/h2-3,6-7,22H,1,4-5,8-12H2,(H,18,21)(H,19,20). The summed E-state index contributed by atoms with van der Waals surface area (Å²) in [5.74, 6) is 0.804. The van der Waals surface area contributed by atoms with Gasteiger partial charge in [-0.3, -0.25) is 4.79 Å². The summed E-state index contributed by atoms with van der Waals surface area (Å²) in [6.07, 6.45) is 5.56. The van der Waals surface area contributed by atoms with Crippen molar-refractivity contribution in [2.45, 2.75) is 50.5 Å². The molecule has 5 nitrogen and oxygen atoms in total. The molecular weight excluding hydrogens is 278 g/mol. The molecule has 1 aromatic carbocycles. The summed E-state index contributed by atoms with van der Waals surface area (Å²) in [6, 6.07) is 7.88. The normalized spacial score (nSPS) is 17.5. The number of carbonyl (C=O) groups is 1. The Morgan fingerprint density at radius 1 is 1.27 bits per heavy atom. The minimum atomic E-state index is -0.790. The first-order valence-corrected chi connectivity index (χ1v) is 8.07. The molecule has 1 amide bonds. The number of hydrogen-bond donors (Lipinski definition) is 3. The molecule has 0 unspecified atom stereocenters. The number of amides is 1. The number of fused-ring (bicyclic) bond motifs is 1. The third-order valence-electron chi connectivity index (χ3n) is 4.40. The molecule has 1 aromatic heterocycles. The Morgan fingerprint density at radius 2 is 2.05 bits per heavy atom. The van der Waals surface area contributed by atoms with E-state index >= 15 is 0 Å². The summed E-state index contributed by atoms with van der Waals surface area (Å²) in [6.45, 7) is 0.536. The molecule has 1 saturated carbocycles. The molecule has 0 spiro atoms. The molecule has 1 heterocycles. The van der Waals surface area contributed by atoms with Crippen LogP contribution in [0.15, 0.2) is 24.3 Å². The molecule has 0 bridgehead atoms. The summed E-state index contributed by atoms with van der Waals surface area (Å²) >= 11 is 0. The second kappa shape index (κ2) is 6.48. The number of hydrogen-bond acceptors (Lipinski definition) is 3. The van der Waals surface area contributed by atoms with Crippen molar-refractivity contribution in [1.29, 1.82) is 0 Å². The van der Waals surface area contributed by atoms with Crippen LogP contribution in [-0.4, -0.2) is 33.1 Å². The van der Waals surface area contributed by atoms with Gasteiger partial charge in [-0.2, -0.15) is 0 Å². The maximum absolute atomic E-state index is 12.0. The number of nitrogens with one attached hydrogen (secondary N) is 2. The number of aliphatic hydroxyl groups is 1. The molecule has 1 fully saturated rings. The maximum Gasteiger partial charge on any atom is 0.222 e. The molecule has 3 N–H and O–H groups in total. The lowest BCUT2D eigenvalue weighted by molar-refractivity contribution is -0.127. The van der Waals surface area contributed by atoms with E-state index in [1.807, 2.05) is 24.3 Å². The zero-order valence-corrected chi connectivity index (χ0v) is 12.8. The lowest BCUT2D eigenvalue weighted by Gasteiger charge is -2.31. The summed E-state index contributed by atoms with van der Waals surface area (Å²) in [5, 5.41) is 13.3. The fourth-order valence-electron chi connectivity index (χ4n) is 3.19. The van der Waals surface area contributed by atoms with Crippen LogP contribution in [0.2, 0.25) is 0 Å². The fraction of sp³-hybridized carbons (Fsp3) is 0.529. The zero-order chi connectivity index (χ0) is 15.4. The number of aromatic amines is 1. The quantitative estimate of drug-likeness (QED) is 0.793. The molecule has 5 heteroatoms. The topological polar surface area (TPSA) is 78.0 Å². The Hall–Kier alpha value is -1.88. The van der Waals surface area contributed by atoms with Crippen LogP contribution in [0.4, 0.5) is 0 Å². The van der Waals surface area contributed by atoms with E-state index in [1.165, 1.54) is 0 Å². The van der Waals surface area contributed by atoms with Gasteiger partial charge in [-0.05, 0) is 25.0 Å². The van der Waals surface area contributed by atoms with Crippen LogP contribution in [-0.2, 0) is 11.2 Å². The number of para-hydroxylation sites is 2. The van der Waals surface area contributed by atoms with Crippen LogP contribution in [0, 0.1) is 0 Å². The highest BCUT2D eigenvalue weighted by Gasteiger charge is 2.31. The molecular formula is C17H23N3O2. The van der Waals surface area contributed by atoms with Gasteiger partial charge in [0.15, 0.2) is 0 Å². The van der Waals surface area contributed by atoms with Gasteiger partial charge in [-0.15, -0.1) is 0 Å². The van der Waals surface area contributed by atoms with Crippen LogP contribution in [0.25, 0.3) is 11.0 Å². The van der Waals surface area contributed by atoms with E-state index in [0.717, 1.165) is 49.0 Å². The van der Waals surface area contributed by atoms with Crippen LogP contribution >= 0.6 is 0 Å². The molecule has 118 valence electrons. The molecule has 3 rings (SSSR count). The summed E-state index contributed by atoms with van der Waals surface area (Å²) in [4.78, 5) is 19.7. The Bertz CT molecular complexity index is 611. The van der Waals surface area contributed by atoms with Gasteiger partial charge < -0.3 is 15.4 Å². The van der Waals surface area contributed by atoms with Crippen LogP contribution in [0.5, 0.6) is 0 Å². The molecule has 1 aliphatic carbocycles. The Labute approximate surface area is 130 Å². The second-order valence-corrected chi connectivity index (χ2v) is 6.26. The van der Waals surface area contributed by atoms with E-state index in [4.69, 9.17) is 0 Å². The Kier molecular flexibility index (Phi) is 4.43. The first-order chi connectivity index (χ1) is 10.6. The van der Waals surface area contributed by atoms with Gasteiger partial charge in [0.1, 0.15) is 5.82 Å². The first-order valence-electron chi connectivity index (χ1n) is 8.07. The maximum atomic E-state index is 12.0. The van der Waals surface area contributed by atoms with E-state index in [1.54, 1.807) is 0 Å². The number of nitrogens with zero attached hydrogens (tertiary/aromatic N) is 1. The van der Waals surface area contributed by atoms with Gasteiger partial charge in [0, 0.05) is 13.0 Å². The molecule has 0 aliphatic heterocycles. The number of benzene rings is 1. The summed E-state index contributed by atoms with van der Waals surface area (Å²) in [7, 11) is 0. The predicted octanol–water partition coefficient (Wildman–Crippen LogP) is 2.31. The van der Waals surface area contributed by atoms with Gasteiger partial charge in [-0.1, -0.05) is 31.4 Å². The average molecular weight is 301 g/mol. The van der Waals surface area contributed by atoms with Crippen LogP contribution in [0.3, 0.4) is 0 Å². The van der Waals surface area contributed by atoms with Crippen molar-refractivity contribution in [3.05, 3.63) is 30.1 Å². The van der Waals surface area contributed by atoms with E-state index in [-0.39, 0.29) is 12.3 Å². The number of carbonyl (C=O) groups excluding carboxylic acids is 1. The molecule has 0 saturated heterocycles. The number of imidazole rings is 1. The van der Waals surface area contributed by atoms with E-state index in [0.29, 0.717) is 13.0 Å².